The lowest BCUT2D eigenvalue weighted by Gasteiger charge is -2.09. The van der Waals surface area contributed by atoms with Crippen molar-refractivity contribution < 1.29 is 17.6 Å². The molecule has 0 saturated carbocycles. The number of nitrogens with zero attached hydrogens (tertiary/aromatic N) is 1. The van der Waals surface area contributed by atoms with E-state index in [0.717, 1.165) is 12.1 Å². The van der Waals surface area contributed by atoms with Gasteiger partial charge in [0.05, 0.1) is 5.56 Å². The summed E-state index contributed by atoms with van der Waals surface area (Å²) in [5.74, 6) is -0.783. The van der Waals surface area contributed by atoms with Crippen LogP contribution in [-0.2, 0) is 6.18 Å². The first-order valence-electron chi connectivity index (χ1n) is 4.86. The normalized spacial score (nSPS) is 11.6. The number of hydrogen-bond donors (Lipinski definition) is 0. The third-order valence-electron chi connectivity index (χ3n) is 2.31. The highest BCUT2D eigenvalue weighted by atomic mass is 127. The average Bonchev–Trinajstić information content (AvgIpc) is 2.31. The summed E-state index contributed by atoms with van der Waals surface area (Å²) >= 11 is 1.92. The first-order chi connectivity index (χ1) is 8.38. The molecule has 0 unspecified atom stereocenters. The first-order valence-corrected chi connectivity index (χ1v) is 5.94. The fourth-order valence-corrected chi connectivity index (χ4v) is 1.94. The van der Waals surface area contributed by atoms with Gasteiger partial charge in [-0.25, -0.2) is 4.98 Å². The van der Waals surface area contributed by atoms with Crippen molar-refractivity contribution >= 4 is 22.6 Å². The van der Waals surface area contributed by atoms with Crippen molar-refractivity contribution in [2.45, 2.75) is 6.18 Å². The van der Waals surface area contributed by atoms with Crippen LogP contribution in [0.15, 0.2) is 36.5 Å². The van der Waals surface area contributed by atoms with Crippen molar-refractivity contribution in [1.29, 1.82) is 0 Å². The van der Waals surface area contributed by atoms with Crippen molar-refractivity contribution in [2.75, 3.05) is 0 Å². The summed E-state index contributed by atoms with van der Waals surface area (Å²) in [4.78, 5) is 3.49. The molecule has 18 heavy (non-hydrogen) atoms. The van der Waals surface area contributed by atoms with Crippen molar-refractivity contribution in [3.05, 3.63) is 51.6 Å². The molecule has 0 aliphatic rings. The molecule has 0 amide bonds. The number of aromatic nitrogens is 1. The molecule has 0 bridgehead atoms. The smallest absolute Gasteiger partial charge is 0.227 e. The van der Waals surface area contributed by atoms with Gasteiger partial charge in [0.2, 0.25) is 5.95 Å². The maximum atomic E-state index is 13.5. The van der Waals surface area contributed by atoms with Crippen LogP contribution in [0.3, 0.4) is 0 Å². The van der Waals surface area contributed by atoms with Gasteiger partial charge >= 0.3 is 6.18 Å². The Hall–Kier alpha value is -1.18. The number of pyridine rings is 1. The molecule has 1 aromatic heterocycles. The van der Waals surface area contributed by atoms with Crippen LogP contribution in [0.25, 0.3) is 11.1 Å². The predicted molar refractivity (Wildman–Crippen MR) is 67.4 cm³/mol. The van der Waals surface area contributed by atoms with Gasteiger partial charge in [0.1, 0.15) is 0 Å². The Kier molecular flexibility index (Phi) is 3.56. The predicted octanol–water partition coefficient (Wildman–Crippen LogP) is 4.51. The Morgan fingerprint density at radius 3 is 2.50 bits per heavy atom. The third-order valence-corrected chi connectivity index (χ3v) is 2.90. The van der Waals surface area contributed by atoms with Gasteiger partial charge in [0.15, 0.2) is 0 Å². The number of benzene rings is 1. The molecule has 0 aliphatic heterocycles. The van der Waals surface area contributed by atoms with E-state index in [1.165, 1.54) is 24.4 Å². The molecule has 2 aromatic rings. The van der Waals surface area contributed by atoms with E-state index in [0.29, 0.717) is 3.57 Å². The molecule has 0 N–H and O–H groups in total. The minimum atomic E-state index is -4.44. The molecule has 0 fully saturated rings. The van der Waals surface area contributed by atoms with Crippen LogP contribution >= 0.6 is 22.6 Å². The maximum Gasteiger partial charge on any atom is 0.416 e. The quantitative estimate of drug-likeness (QED) is 0.411. The molecule has 94 valence electrons. The molecule has 1 nitrogen and oxygen atoms in total. The van der Waals surface area contributed by atoms with Crippen LogP contribution in [0.4, 0.5) is 17.6 Å². The standard InChI is InChI=1S/C12H6F4IN/c13-11-10(5-9(17)6-18-11)7-2-1-3-8(4-7)12(14,15)16/h1-6H. The number of hydrogen-bond acceptors (Lipinski definition) is 1. The largest absolute Gasteiger partial charge is 0.416 e. The first kappa shape index (κ1) is 13.3. The molecule has 0 atom stereocenters. The molecule has 0 aliphatic carbocycles. The second-order valence-corrected chi connectivity index (χ2v) is 4.82. The van der Waals surface area contributed by atoms with E-state index < -0.39 is 17.7 Å². The minimum absolute atomic E-state index is 0.0630. The van der Waals surface area contributed by atoms with Crippen molar-refractivity contribution in [3.8, 4) is 11.1 Å². The fourth-order valence-electron chi connectivity index (χ4n) is 1.49. The van der Waals surface area contributed by atoms with Crippen LogP contribution in [-0.4, -0.2) is 4.98 Å². The van der Waals surface area contributed by atoms with Crippen molar-refractivity contribution in [1.82, 2.24) is 4.98 Å². The zero-order chi connectivity index (χ0) is 13.3. The maximum absolute atomic E-state index is 13.5. The van der Waals surface area contributed by atoms with E-state index in [1.54, 1.807) is 0 Å². The summed E-state index contributed by atoms with van der Waals surface area (Å²) in [5.41, 5.74) is -0.584. The van der Waals surface area contributed by atoms with E-state index in [4.69, 9.17) is 0 Å². The zero-order valence-electron chi connectivity index (χ0n) is 8.80. The van der Waals surface area contributed by atoms with E-state index >= 15 is 0 Å². The molecule has 1 aromatic carbocycles. The highest BCUT2D eigenvalue weighted by Crippen LogP contribution is 2.32. The SMILES string of the molecule is Fc1ncc(I)cc1-c1cccc(C(F)(F)F)c1. The Balaban J connectivity index is 2.55. The Bertz CT molecular complexity index is 581. The van der Waals surface area contributed by atoms with E-state index in [-0.39, 0.29) is 11.1 Å². The lowest BCUT2D eigenvalue weighted by molar-refractivity contribution is -0.137. The lowest BCUT2D eigenvalue weighted by atomic mass is 10.0. The van der Waals surface area contributed by atoms with Gasteiger partial charge in [-0.2, -0.15) is 17.6 Å². The molecule has 6 heteroatoms. The molecule has 2 rings (SSSR count). The molecular weight excluding hydrogens is 361 g/mol. The summed E-state index contributed by atoms with van der Waals surface area (Å²) in [7, 11) is 0. The summed E-state index contributed by atoms with van der Waals surface area (Å²) in [6.45, 7) is 0. The van der Waals surface area contributed by atoms with E-state index in [9.17, 15) is 17.6 Å². The van der Waals surface area contributed by atoms with Gasteiger partial charge in [-0.1, -0.05) is 12.1 Å². The van der Waals surface area contributed by atoms with Gasteiger partial charge in [0.25, 0.3) is 0 Å². The van der Waals surface area contributed by atoms with Gasteiger partial charge in [-0.05, 0) is 46.4 Å². The highest BCUT2D eigenvalue weighted by molar-refractivity contribution is 14.1. The van der Waals surface area contributed by atoms with E-state index in [2.05, 4.69) is 4.98 Å². The van der Waals surface area contributed by atoms with E-state index in [1.807, 2.05) is 22.6 Å². The Labute approximate surface area is 114 Å². The average molecular weight is 367 g/mol. The van der Waals surface area contributed by atoms with Crippen molar-refractivity contribution in [3.63, 3.8) is 0 Å². The number of rotatable bonds is 1. The van der Waals surface area contributed by atoms with Gasteiger partial charge < -0.3 is 0 Å². The molecule has 1 heterocycles. The summed E-state index contributed by atoms with van der Waals surface area (Å²) < 4.78 is 51.8. The lowest BCUT2D eigenvalue weighted by Crippen LogP contribution is -2.04. The molecule has 0 saturated heterocycles. The summed E-state index contributed by atoms with van der Waals surface area (Å²) in [6.07, 6.45) is -3.13. The van der Waals surface area contributed by atoms with Crippen LogP contribution in [0.1, 0.15) is 5.56 Å². The van der Waals surface area contributed by atoms with Crippen LogP contribution < -0.4 is 0 Å². The Morgan fingerprint density at radius 2 is 1.83 bits per heavy atom. The number of halogens is 5. The second-order valence-electron chi connectivity index (χ2n) is 3.57. The highest BCUT2D eigenvalue weighted by Gasteiger charge is 2.30. The van der Waals surface area contributed by atoms with Crippen LogP contribution in [0.5, 0.6) is 0 Å². The monoisotopic (exact) mass is 367 g/mol. The fraction of sp³-hybridized carbons (Fsp3) is 0.0833. The molecular formula is C12H6F4IN. The van der Waals surface area contributed by atoms with Crippen molar-refractivity contribution in [2.24, 2.45) is 0 Å². The summed E-state index contributed by atoms with van der Waals surface area (Å²) in [5, 5.41) is 0. The van der Waals surface area contributed by atoms with Gasteiger partial charge in [0, 0.05) is 15.3 Å². The number of alkyl halides is 3. The minimum Gasteiger partial charge on any atom is -0.227 e. The summed E-state index contributed by atoms with van der Waals surface area (Å²) in [6, 6.07) is 5.99. The second kappa shape index (κ2) is 4.83. The molecule has 0 radical (unpaired) electrons. The van der Waals surface area contributed by atoms with Gasteiger partial charge in [-0.3, -0.25) is 0 Å². The van der Waals surface area contributed by atoms with Gasteiger partial charge in [-0.15, -0.1) is 0 Å². The van der Waals surface area contributed by atoms with Crippen LogP contribution in [0, 0.1) is 9.52 Å². The van der Waals surface area contributed by atoms with Crippen LogP contribution in [0.2, 0.25) is 0 Å². The zero-order valence-corrected chi connectivity index (χ0v) is 11.0. The Morgan fingerprint density at radius 1 is 1.11 bits per heavy atom. The molecule has 0 spiro atoms. The topological polar surface area (TPSA) is 12.9 Å². The third kappa shape index (κ3) is 2.80.